The van der Waals surface area contributed by atoms with E-state index in [4.69, 9.17) is 4.84 Å². The van der Waals surface area contributed by atoms with Gasteiger partial charge in [-0.25, -0.2) is 0 Å². The first-order valence-corrected chi connectivity index (χ1v) is 5.50. The van der Waals surface area contributed by atoms with E-state index in [-0.39, 0.29) is 17.3 Å². The van der Waals surface area contributed by atoms with Crippen molar-refractivity contribution in [2.45, 2.75) is 19.9 Å². The Morgan fingerprint density at radius 2 is 2.28 bits per heavy atom. The van der Waals surface area contributed by atoms with Gasteiger partial charge in [-0.15, -0.1) is 0 Å². The monoisotopic (exact) mass is 251 g/mol. The number of nitro benzene ring substituents is 1. The topological polar surface area (TPSA) is 93.5 Å². The summed E-state index contributed by atoms with van der Waals surface area (Å²) in [6.45, 7) is 2.22. The number of nitro groups is 1. The third-order valence-corrected chi connectivity index (χ3v) is 2.66. The Kier molecular flexibility index (Phi) is 3.54. The van der Waals surface area contributed by atoms with Crippen molar-refractivity contribution >= 4 is 17.3 Å². The number of anilines is 1. The Morgan fingerprint density at radius 1 is 1.50 bits per heavy atom. The molecule has 1 amide bonds. The predicted molar refractivity (Wildman–Crippen MR) is 63.9 cm³/mol. The maximum absolute atomic E-state index is 11.1. The van der Waals surface area contributed by atoms with Crippen LogP contribution in [0.4, 0.5) is 11.4 Å². The molecule has 0 fully saturated rings. The number of carbonyl (C=O) groups excluding carboxylic acids is 1. The van der Waals surface area contributed by atoms with Crippen LogP contribution in [0.2, 0.25) is 0 Å². The molecule has 96 valence electrons. The molecule has 1 aliphatic heterocycles. The van der Waals surface area contributed by atoms with E-state index >= 15 is 0 Å². The number of hydrogen-bond acceptors (Lipinski definition) is 5. The van der Waals surface area contributed by atoms with Gasteiger partial charge in [0.2, 0.25) is 5.91 Å². The number of benzene rings is 1. The van der Waals surface area contributed by atoms with Crippen LogP contribution in [0.15, 0.2) is 12.1 Å². The first-order chi connectivity index (χ1) is 8.58. The van der Waals surface area contributed by atoms with Crippen LogP contribution >= 0.6 is 0 Å². The number of nitrogens with one attached hydrogen (secondary N) is 2. The molecule has 0 bridgehead atoms. The molecule has 0 saturated carbocycles. The lowest BCUT2D eigenvalue weighted by molar-refractivity contribution is -0.384. The minimum atomic E-state index is -0.503. The van der Waals surface area contributed by atoms with Crippen molar-refractivity contribution in [1.29, 1.82) is 0 Å². The average Bonchev–Trinajstić information content (AvgIpc) is 2.51. The highest BCUT2D eigenvalue weighted by Gasteiger charge is 2.20. The van der Waals surface area contributed by atoms with Gasteiger partial charge in [-0.05, 0) is 23.6 Å². The van der Waals surface area contributed by atoms with Gasteiger partial charge >= 0.3 is 0 Å². The summed E-state index contributed by atoms with van der Waals surface area (Å²) in [6, 6.07) is 3.12. The van der Waals surface area contributed by atoms with Crippen molar-refractivity contribution in [1.82, 2.24) is 5.48 Å². The van der Waals surface area contributed by atoms with Gasteiger partial charge in [-0.2, -0.15) is 5.48 Å². The molecule has 1 aromatic carbocycles. The van der Waals surface area contributed by atoms with Crippen molar-refractivity contribution in [3.8, 4) is 0 Å². The SMILES string of the molecule is CC(=O)Nc1cc2c(cc1[N+](=O)[O-])CNOCC2. The number of hydrogen-bond donors (Lipinski definition) is 2. The summed E-state index contributed by atoms with van der Waals surface area (Å²) in [5.41, 5.74) is 4.60. The third kappa shape index (κ3) is 2.63. The van der Waals surface area contributed by atoms with E-state index in [2.05, 4.69) is 10.8 Å². The van der Waals surface area contributed by atoms with Crippen LogP contribution in [-0.2, 0) is 22.6 Å². The van der Waals surface area contributed by atoms with Crippen molar-refractivity contribution in [2.75, 3.05) is 11.9 Å². The van der Waals surface area contributed by atoms with E-state index in [1.807, 2.05) is 0 Å². The second-order valence-corrected chi connectivity index (χ2v) is 4.00. The summed E-state index contributed by atoms with van der Waals surface area (Å²) in [5.74, 6) is -0.332. The smallest absolute Gasteiger partial charge is 0.293 e. The molecule has 1 aromatic rings. The summed E-state index contributed by atoms with van der Waals surface area (Å²) >= 11 is 0. The molecule has 1 heterocycles. The van der Waals surface area contributed by atoms with Gasteiger partial charge in [0.25, 0.3) is 5.69 Å². The Bertz CT molecular complexity index is 501. The van der Waals surface area contributed by atoms with Crippen LogP contribution in [0.25, 0.3) is 0 Å². The molecular formula is C11H13N3O4. The zero-order valence-electron chi connectivity index (χ0n) is 9.86. The van der Waals surface area contributed by atoms with Gasteiger partial charge in [0.05, 0.1) is 11.5 Å². The van der Waals surface area contributed by atoms with E-state index in [0.717, 1.165) is 11.1 Å². The molecule has 0 spiro atoms. The lowest BCUT2D eigenvalue weighted by Gasteiger charge is -2.09. The van der Waals surface area contributed by atoms with Gasteiger partial charge in [0, 0.05) is 19.5 Å². The van der Waals surface area contributed by atoms with E-state index in [9.17, 15) is 14.9 Å². The lowest BCUT2D eigenvalue weighted by atomic mass is 10.0. The number of rotatable bonds is 2. The molecule has 0 aliphatic carbocycles. The number of carbonyl (C=O) groups is 1. The van der Waals surface area contributed by atoms with Gasteiger partial charge in [-0.1, -0.05) is 0 Å². The Balaban J connectivity index is 2.47. The molecule has 0 saturated heterocycles. The minimum absolute atomic E-state index is 0.104. The van der Waals surface area contributed by atoms with Crippen LogP contribution in [-0.4, -0.2) is 17.4 Å². The van der Waals surface area contributed by atoms with Gasteiger partial charge in [-0.3, -0.25) is 14.9 Å². The fourth-order valence-corrected chi connectivity index (χ4v) is 1.88. The van der Waals surface area contributed by atoms with E-state index in [0.29, 0.717) is 19.6 Å². The third-order valence-electron chi connectivity index (χ3n) is 2.66. The Labute approximate surface area is 103 Å². The quantitative estimate of drug-likeness (QED) is 0.607. The predicted octanol–water partition coefficient (Wildman–Crippen LogP) is 1.13. The summed E-state index contributed by atoms with van der Waals surface area (Å²) < 4.78 is 0. The standard InChI is InChI=1S/C11H13N3O4/c1-7(15)13-10-4-8-2-3-18-12-6-9(8)5-11(10)14(16)17/h4-5,12H,2-3,6H2,1H3,(H,13,15). The summed E-state index contributed by atoms with van der Waals surface area (Å²) in [4.78, 5) is 26.6. The molecule has 7 heteroatoms. The molecule has 0 aromatic heterocycles. The van der Waals surface area contributed by atoms with Gasteiger partial charge in [0.1, 0.15) is 5.69 Å². The van der Waals surface area contributed by atoms with E-state index < -0.39 is 4.92 Å². The van der Waals surface area contributed by atoms with Crippen LogP contribution in [0.3, 0.4) is 0 Å². The summed E-state index contributed by atoms with van der Waals surface area (Å²) in [6.07, 6.45) is 0.646. The molecule has 2 rings (SSSR count). The zero-order chi connectivity index (χ0) is 13.1. The summed E-state index contributed by atoms with van der Waals surface area (Å²) in [5, 5.41) is 13.5. The first-order valence-electron chi connectivity index (χ1n) is 5.50. The minimum Gasteiger partial charge on any atom is -0.321 e. The van der Waals surface area contributed by atoms with Gasteiger partial charge in [0.15, 0.2) is 0 Å². The largest absolute Gasteiger partial charge is 0.321 e. The lowest BCUT2D eigenvalue weighted by Crippen LogP contribution is -2.12. The van der Waals surface area contributed by atoms with Crippen molar-refractivity contribution in [2.24, 2.45) is 0 Å². The maximum Gasteiger partial charge on any atom is 0.293 e. The van der Waals surface area contributed by atoms with Crippen molar-refractivity contribution in [3.63, 3.8) is 0 Å². The Hall–Kier alpha value is -1.99. The second-order valence-electron chi connectivity index (χ2n) is 4.00. The fraction of sp³-hybridized carbons (Fsp3) is 0.364. The molecule has 18 heavy (non-hydrogen) atoms. The molecule has 1 aliphatic rings. The van der Waals surface area contributed by atoms with Crippen LogP contribution < -0.4 is 10.8 Å². The van der Waals surface area contributed by atoms with Crippen LogP contribution in [0.1, 0.15) is 18.1 Å². The van der Waals surface area contributed by atoms with Crippen molar-refractivity contribution in [3.05, 3.63) is 33.4 Å². The zero-order valence-corrected chi connectivity index (χ0v) is 9.86. The molecule has 0 atom stereocenters. The number of amides is 1. The normalized spacial score (nSPS) is 14.5. The van der Waals surface area contributed by atoms with Crippen molar-refractivity contribution < 1.29 is 14.6 Å². The van der Waals surface area contributed by atoms with Crippen LogP contribution in [0.5, 0.6) is 0 Å². The fourth-order valence-electron chi connectivity index (χ4n) is 1.88. The van der Waals surface area contributed by atoms with Crippen LogP contribution in [0, 0.1) is 10.1 Å². The average molecular weight is 251 g/mol. The highest BCUT2D eigenvalue weighted by Crippen LogP contribution is 2.29. The van der Waals surface area contributed by atoms with E-state index in [1.165, 1.54) is 13.0 Å². The molecule has 0 radical (unpaired) electrons. The molecule has 2 N–H and O–H groups in total. The second kappa shape index (κ2) is 5.11. The van der Waals surface area contributed by atoms with Gasteiger partial charge < -0.3 is 10.2 Å². The number of fused-ring (bicyclic) bond motifs is 1. The molecule has 7 nitrogen and oxygen atoms in total. The number of nitrogens with zero attached hydrogens (tertiary/aromatic N) is 1. The Morgan fingerprint density at radius 3 is 2.94 bits per heavy atom. The maximum atomic E-state index is 11.1. The highest BCUT2D eigenvalue weighted by atomic mass is 16.6. The van der Waals surface area contributed by atoms with E-state index in [1.54, 1.807) is 6.07 Å². The summed E-state index contributed by atoms with van der Waals surface area (Å²) in [7, 11) is 0. The first kappa shape index (κ1) is 12.5. The number of hydroxylamine groups is 1. The highest BCUT2D eigenvalue weighted by molar-refractivity contribution is 5.91. The molecular weight excluding hydrogens is 238 g/mol. The molecule has 0 unspecified atom stereocenters.